The van der Waals surface area contributed by atoms with Crippen LogP contribution in [0.25, 0.3) is 0 Å². The number of methoxy groups -OCH3 is 1. The molecule has 0 saturated heterocycles. The molecule has 0 N–H and O–H groups in total. The fraction of sp³-hybridized carbons (Fsp3) is 0.300. The lowest BCUT2D eigenvalue weighted by atomic mass is 10.2. The van der Waals surface area contributed by atoms with Crippen molar-refractivity contribution in [2.75, 3.05) is 19.3 Å². The smallest absolute Gasteiger partial charge is 0.162 e. The van der Waals surface area contributed by atoms with Crippen molar-refractivity contribution >= 4 is 17.1 Å². The van der Waals surface area contributed by atoms with Crippen LogP contribution in [0.1, 0.15) is 10.4 Å². The van der Waals surface area contributed by atoms with Crippen LogP contribution in [0.15, 0.2) is 18.2 Å². The van der Waals surface area contributed by atoms with Gasteiger partial charge in [0.05, 0.1) is 17.9 Å². The van der Waals surface area contributed by atoms with E-state index >= 15 is 0 Å². The Kier molecular flexibility index (Phi) is 4.30. The van der Waals surface area contributed by atoms with Crippen LogP contribution in [0.4, 0.5) is 0 Å². The van der Waals surface area contributed by atoms with Crippen molar-refractivity contribution in [1.29, 1.82) is 0 Å². The Labute approximate surface area is 90.7 Å². The number of hydrogen-bond donors (Lipinski definition) is 0. The molecule has 0 saturated carbocycles. The molecule has 0 radical (unpaired) electrons. The van der Waals surface area contributed by atoms with Crippen LogP contribution in [0.2, 0.25) is 0 Å². The average molecular weight is 228 g/mol. The van der Waals surface area contributed by atoms with Gasteiger partial charge in [-0.05, 0) is 18.2 Å². The van der Waals surface area contributed by atoms with Crippen molar-refractivity contribution in [2.24, 2.45) is 0 Å². The number of rotatable bonds is 5. The molecule has 0 bridgehead atoms. The molecule has 1 atom stereocenters. The Morgan fingerprint density at radius 3 is 2.67 bits per heavy atom. The van der Waals surface area contributed by atoms with Crippen LogP contribution >= 0.6 is 0 Å². The molecule has 15 heavy (non-hydrogen) atoms. The van der Waals surface area contributed by atoms with Gasteiger partial charge in [0, 0.05) is 11.8 Å². The van der Waals surface area contributed by atoms with Gasteiger partial charge in [0.25, 0.3) is 0 Å². The first kappa shape index (κ1) is 11.7. The van der Waals surface area contributed by atoms with Gasteiger partial charge >= 0.3 is 0 Å². The normalized spacial score (nSPS) is 11.9. The molecule has 1 aromatic rings. The van der Waals surface area contributed by atoms with Crippen LogP contribution in [0, 0.1) is 0 Å². The van der Waals surface area contributed by atoms with Crippen LogP contribution in [-0.2, 0) is 10.8 Å². The van der Waals surface area contributed by atoms with E-state index in [9.17, 15) is 9.00 Å². The zero-order valence-corrected chi connectivity index (χ0v) is 9.37. The van der Waals surface area contributed by atoms with Crippen LogP contribution < -0.4 is 9.47 Å². The molecule has 0 aliphatic rings. The number of carbonyl (C=O) groups excluding carboxylic acids is 1. The Bertz CT molecular complexity index is 376. The van der Waals surface area contributed by atoms with Gasteiger partial charge in [0.1, 0.15) is 6.29 Å². The third kappa shape index (κ3) is 3.36. The minimum absolute atomic E-state index is 0.108. The van der Waals surface area contributed by atoms with Crippen molar-refractivity contribution in [1.82, 2.24) is 0 Å². The SMILES string of the molecule is COc1cc(C=O)ccc1OCS(C)=O. The van der Waals surface area contributed by atoms with Crippen LogP contribution in [-0.4, -0.2) is 29.8 Å². The van der Waals surface area contributed by atoms with E-state index in [1.54, 1.807) is 24.5 Å². The third-order valence-electron chi connectivity index (χ3n) is 1.70. The minimum atomic E-state index is -1.03. The van der Waals surface area contributed by atoms with Gasteiger partial charge in [-0.1, -0.05) is 0 Å². The molecular weight excluding hydrogens is 216 g/mol. The zero-order chi connectivity index (χ0) is 11.3. The molecule has 0 aliphatic heterocycles. The summed E-state index contributed by atoms with van der Waals surface area (Å²) in [7, 11) is 0.455. The van der Waals surface area contributed by atoms with Crippen molar-refractivity contribution in [2.45, 2.75) is 0 Å². The van der Waals surface area contributed by atoms with Gasteiger partial charge in [0.2, 0.25) is 0 Å². The Morgan fingerprint density at radius 2 is 2.13 bits per heavy atom. The van der Waals surface area contributed by atoms with Crippen molar-refractivity contribution < 1.29 is 18.5 Å². The van der Waals surface area contributed by atoms with Crippen LogP contribution in [0.3, 0.4) is 0 Å². The average Bonchev–Trinajstić information content (AvgIpc) is 2.25. The Morgan fingerprint density at radius 1 is 1.40 bits per heavy atom. The van der Waals surface area contributed by atoms with Gasteiger partial charge in [-0.2, -0.15) is 0 Å². The topological polar surface area (TPSA) is 52.6 Å². The predicted octanol–water partition coefficient (Wildman–Crippen LogP) is 1.22. The maximum Gasteiger partial charge on any atom is 0.162 e. The molecule has 1 unspecified atom stereocenters. The van der Waals surface area contributed by atoms with E-state index in [0.717, 1.165) is 6.29 Å². The van der Waals surface area contributed by atoms with Gasteiger partial charge in [-0.3, -0.25) is 9.00 Å². The highest BCUT2D eigenvalue weighted by molar-refractivity contribution is 7.84. The lowest BCUT2D eigenvalue weighted by Crippen LogP contribution is -2.04. The first-order chi connectivity index (χ1) is 7.17. The summed E-state index contributed by atoms with van der Waals surface area (Å²) < 4.78 is 21.1. The van der Waals surface area contributed by atoms with E-state index in [2.05, 4.69) is 0 Å². The quantitative estimate of drug-likeness (QED) is 0.711. The molecule has 0 fully saturated rings. The molecule has 4 nitrogen and oxygen atoms in total. The molecular formula is C10H12O4S. The molecule has 1 aromatic carbocycles. The second-order valence-corrected chi connectivity index (χ2v) is 4.25. The van der Waals surface area contributed by atoms with Gasteiger partial charge in [0.15, 0.2) is 17.4 Å². The maximum atomic E-state index is 10.8. The number of hydrogen-bond acceptors (Lipinski definition) is 4. The molecule has 0 spiro atoms. The Hall–Kier alpha value is -1.36. The molecule has 5 heteroatoms. The maximum absolute atomic E-state index is 10.8. The highest BCUT2D eigenvalue weighted by Gasteiger charge is 2.05. The van der Waals surface area contributed by atoms with E-state index in [1.807, 2.05) is 0 Å². The second-order valence-electron chi connectivity index (χ2n) is 2.86. The molecule has 0 aromatic heterocycles. The number of ether oxygens (including phenoxy) is 2. The third-order valence-corrected chi connectivity index (χ3v) is 2.15. The standard InChI is InChI=1S/C10H12O4S/c1-13-10-5-8(6-11)3-4-9(10)14-7-15(2)12/h3-6H,7H2,1-2H3. The summed E-state index contributed by atoms with van der Waals surface area (Å²) in [6, 6.07) is 4.81. The summed E-state index contributed by atoms with van der Waals surface area (Å²) in [5, 5.41) is 0. The van der Waals surface area contributed by atoms with E-state index in [0.29, 0.717) is 17.1 Å². The Balaban J connectivity index is 2.87. The summed E-state index contributed by atoms with van der Waals surface area (Å²) in [5.74, 6) is 1.06. The predicted molar refractivity (Wildman–Crippen MR) is 57.9 cm³/mol. The summed E-state index contributed by atoms with van der Waals surface area (Å²) >= 11 is 0. The van der Waals surface area contributed by atoms with Gasteiger partial charge in [-0.25, -0.2) is 0 Å². The van der Waals surface area contributed by atoms with Crippen LogP contribution in [0.5, 0.6) is 11.5 Å². The second kappa shape index (κ2) is 5.50. The van der Waals surface area contributed by atoms with E-state index in [4.69, 9.17) is 9.47 Å². The number of benzene rings is 1. The molecule has 0 heterocycles. The molecule has 0 amide bonds. The van der Waals surface area contributed by atoms with Gasteiger partial charge < -0.3 is 9.47 Å². The number of carbonyl (C=O) groups is 1. The highest BCUT2D eigenvalue weighted by atomic mass is 32.2. The summed E-state index contributed by atoms with van der Waals surface area (Å²) in [6.07, 6.45) is 2.27. The first-order valence-electron chi connectivity index (χ1n) is 4.23. The summed E-state index contributed by atoms with van der Waals surface area (Å²) in [4.78, 5) is 10.5. The largest absolute Gasteiger partial charge is 0.493 e. The molecule has 82 valence electrons. The van der Waals surface area contributed by atoms with E-state index < -0.39 is 10.8 Å². The van der Waals surface area contributed by atoms with Crippen molar-refractivity contribution in [3.8, 4) is 11.5 Å². The lowest BCUT2D eigenvalue weighted by Gasteiger charge is -2.09. The molecule has 0 aliphatic carbocycles. The summed E-state index contributed by atoms with van der Waals surface area (Å²) in [6.45, 7) is 0. The van der Waals surface area contributed by atoms with Crippen molar-refractivity contribution in [3.63, 3.8) is 0 Å². The van der Waals surface area contributed by atoms with Crippen molar-refractivity contribution in [3.05, 3.63) is 23.8 Å². The molecule has 1 rings (SSSR count). The minimum Gasteiger partial charge on any atom is -0.493 e. The first-order valence-corrected chi connectivity index (χ1v) is 5.96. The fourth-order valence-corrected chi connectivity index (χ4v) is 1.32. The number of aldehydes is 1. The lowest BCUT2D eigenvalue weighted by molar-refractivity contribution is 0.112. The summed E-state index contributed by atoms with van der Waals surface area (Å²) in [5.41, 5.74) is 0.511. The fourth-order valence-electron chi connectivity index (χ4n) is 1.02. The van der Waals surface area contributed by atoms with E-state index in [1.165, 1.54) is 7.11 Å². The monoisotopic (exact) mass is 228 g/mol. The van der Waals surface area contributed by atoms with E-state index in [-0.39, 0.29) is 5.94 Å². The van der Waals surface area contributed by atoms with Gasteiger partial charge in [-0.15, -0.1) is 0 Å². The zero-order valence-electron chi connectivity index (χ0n) is 8.56. The highest BCUT2D eigenvalue weighted by Crippen LogP contribution is 2.27.